The van der Waals surface area contributed by atoms with Gasteiger partial charge in [0.25, 0.3) is 0 Å². The second-order valence-corrected chi connectivity index (χ2v) is 19.0. The van der Waals surface area contributed by atoms with Crippen LogP contribution < -0.4 is 9.47 Å². The Hall–Kier alpha value is -5.75. The average Bonchev–Trinajstić information content (AvgIpc) is 3.67. The van der Waals surface area contributed by atoms with Crippen LogP contribution in [-0.4, -0.2) is 19.2 Å². The molecule has 0 spiro atoms. The summed E-state index contributed by atoms with van der Waals surface area (Å²) in [6, 6.07) is 42.0. The van der Waals surface area contributed by atoms with E-state index in [2.05, 4.69) is 124 Å². The standard InChI is InChI=1S/C59H60O5/c1-4-5-7-10-40-13-17-43(18-14-40)44-23-28-50(29-24-44)63-57(60)46-21-19-45(20-22-46)47-25-30-51-53(38-47)54-39-62-58(2,3)55(54)52-31-34-59(64-56(51)52,48-11-8-6-9-12-48)49-26-15-41(16-27-49)37-42-32-35-61-36-33-42/h6,8-9,11-12,15-16,19-31,34,37-38,40,43H,4-5,7,10,13-14,17-18,32-33,35-36,39H2,1-3H3. The molecule has 4 aliphatic rings. The van der Waals surface area contributed by atoms with Gasteiger partial charge in [0.2, 0.25) is 0 Å². The number of esters is 1. The first kappa shape index (κ1) is 42.2. The number of unbranched alkanes of at least 4 members (excludes halogenated alkanes) is 2. The summed E-state index contributed by atoms with van der Waals surface area (Å²) in [5.41, 5.74) is 10.8. The van der Waals surface area contributed by atoms with Crippen molar-refractivity contribution >= 4 is 28.9 Å². The molecule has 6 aromatic rings. The van der Waals surface area contributed by atoms with Gasteiger partial charge in [-0.15, -0.1) is 0 Å². The summed E-state index contributed by atoms with van der Waals surface area (Å²) >= 11 is 0. The van der Waals surface area contributed by atoms with Gasteiger partial charge in [-0.25, -0.2) is 4.79 Å². The zero-order chi connectivity index (χ0) is 43.7. The van der Waals surface area contributed by atoms with Crippen LogP contribution in [-0.2, 0) is 27.3 Å². The Morgan fingerprint density at radius 3 is 2.22 bits per heavy atom. The fourth-order valence-electron chi connectivity index (χ4n) is 10.8. The molecule has 1 unspecified atom stereocenters. The van der Waals surface area contributed by atoms with Crippen LogP contribution in [0.5, 0.6) is 11.5 Å². The number of carbonyl (C=O) groups excluding carboxylic acids is 1. The van der Waals surface area contributed by atoms with Crippen molar-refractivity contribution in [3.8, 4) is 22.6 Å². The second kappa shape index (κ2) is 18.0. The molecule has 3 heterocycles. The van der Waals surface area contributed by atoms with Crippen molar-refractivity contribution in [3.63, 3.8) is 0 Å². The number of carbonyl (C=O) groups is 1. The number of hydrogen-bond donors (Lipinski definition) is 0. The lowest BCUT2D eigenvalue weighted by Gasteiger charge is -2.38. The predicted octanol–water partition coefficient (Wildman–Crippen LogP) is 14.9. The molecule has 64 heavy (non-hydrogen) atoms. The predicted molar refractivity (Wildman–Crippen MR) is 259 cm³/mol. The van der Waals surface area contributed by atoms with Gasteiger partial charge in [-0.1, -0.05) is 141 Å². The first-order valence-corrected chi connectivity index (χ1v) is 23.8. The van der Waals surface area contributed by atoms with Crippen molar-refractivity contribution in [3.05, 3.63) is 177 Å². The quantitative estimate of drug-likeness (QED) is 0.0738. The summed E-state index contributed by atoms with van der Waals surface area (Å²) in [5, 5.41) is 2.16. The normalized spacial score (nSPS) is 21.2. The van der Waals surface area contributed by atoms with Crippen molar-refractivity contribution < 1.29 is 23.7 Å². The molecular formula is C59H60O5. The Morgan fingerprint density at radius 2 is 1.48 bits per heavy atom. The zero-order valence-corrected chi connectivity index (χ0v) is 37.7. The van der Waals surface area contributed by atoms with Crippen molar-refractivity contribution in [1.82, 2.24) is 0 Å². The van der Waals surface area contributed by atoms with Gasteiger partial charge in [0.05, 0.1) is 31.0 Å². The highest BCUT2D eigenvalue weighted by molar-refractivity contribution is 6.00. The molecule has 3 aliphatic heterocycles. The van der Waals surface area contributed by atoms with E-state index in [4.69, 9.17) is 18.9 Å². The molecule has 0 amide bonds. The fourth-order valence-corrected chi connectivity index (χ4v) is 10.8. The lowest BCUT2D eigenvalue weighted by Crippen LogP contribution is -2.35. The molecule has 10 rings (SSSR count). The van der Waals surface area contributed by atoms with Crippen LogP contribution in [0.25, 0.3) is 34.1 Å². The van der Waals surface area contributed by atoms with Crippen LogP contribution in [0.1, 0.15) is 140 Å². The van der Waals surface area contributed by atoms with Gasteiger partial charge in [0.15, 0.2) is 5.60 Å². The second-order valence-electron chi connectivity index (χ2n) is 19.0. The van der Waals surface area contributed by atoms with Crippen LogP contribution in [0.3, 0.4) is 0 Å². The Balaban J connectivity index is 0.908. The van der Waals surface area contributed by atoms with Crippen LogP contribution >= 0.6 is 0 Å². The zero-order valence-electron chi connectivity index (χ0n) is 37.7. The molecule has 1 saturated carbocycles. The lowest BCUT2D eigenvalue weighted by molar-refractivity contribution is -0.00802. The molecule has 5 heteroatoms. The van der Waals surface area contributed by atoms with Gasteiger partial charge < -0.3 is 18.9 Å². The minimum absolute atomic E-state index is 0.354. The highest BCUT2D eigenvalue weighted by atomic mass is 16.5. The monoisotopic (exact) mass is 848 g/mol. The third-order valence-electron chi connectivity index (χ3n) is 14.5. The van der Waals surface area contributed by atoms with Crippen molar-refractivity contribution in [1.29, 1.82) is 0 Å². The van der Waals surface area contributed by atoms with Crippen LogP contribution in [0.4, 0.5) is 0 Å². The number of rotatable bonds is 11. The van der Waals surface area contributed by atoms with Crippen molar-refractivity contribution in [2.75, 3.05) is 13.2 Å². The van der Waals surface area contributed by atoms with E-state index in [9.17, 15) is 4.79 Å². The van der Waals surface area contributed by atoms with E-state index in [0.29, 0.717) is 23.8 Å². The molecule has 0 radical (unpaired) electrons. The molecule has 326 valence electrons. The van der Waals surface area contributed by atoms with E-state index in [1.165, 1.54) is 79.2 Å². The summed E-state index contributed by atoms with van der Waals surface area (Å²) in [6.07, 6.45) is 19.3. The Kier molecular flexibility index (Phi) is 11.9. The molecular weight excluding hydrogens is 789 g/mol. The van der Waals surface area contributed by atoms with Crippen LogP contribution in [0.2, 0.25) is 0 Å². The highest BCUT2D eigenvalue weighted by Crippen LogP contribution is 2.53. The molecule has 1 saturated heterocycles. The maximum absolute atomic E-state index is 13.4. The minimum atomic E-state index is -0.846. The molecule has 0 aromatic heterocycles. The largest absolute Gasteiger partial charge is 0.472 e. The Labute approximate surface area is 379 Å². The number of ether oxygens (including phenoxy) is 4. The Morgan fingerprint density at radius 1 is 0.766 bits per heavy atom. The molecule has 1 atom stereocenters. The number of benzene rings is 6. The molecule has 0 bridgehead atoms. The van der Waals surface area contributed by atoms with E-state index in [0.717, 1.165) is 76.3 Å². The van der Waals surface area contributed by atoms with E-state index in [1.54, 1.807) is 0 Å². The van der Waals surface area contributed by atoms with E-state index < -0.39 is 11.2 Å². The van der Waals surface area contributed by atoms with Gasteiger partial charge in [-0.2, -0.15) is 0 Å². The van der Waals surface area contributed by atoms with Crippen LogP contribution in [0, 0.1) is 5.92 Å². The van der Waals surface area contributed by atoms with E-state index >= 15 is 0 Å². The smallest absolute Gasteiger partial charge is 0.343 e. The van der Waals surface area contributed by atoms with Gasteiger partial charge in [-0.05, 0) is 134 Å². The maximum atomic E-state index is 13.4. The summed E-state index contributed by atoms with van der Waals surface area (Å²) in [7, 11) is 0. The first-order valence-electron chi connectivity index (χ1n) is 23.8. The minimum Gasteiger partial charge on any atom is -0.472 e. The third kappa shape index (κ3) is 8.37. The summed E-state index contributed by atoms with van der Waals surface area (Å²) in [4.78, 5) is 13.4. The lowest BCUT2D eigenvalue weighted by atomic mass is 9.77. The first-order chi connectivity index (χ1) is 31.3. The molecule has 5 nitrogen and oxygen atoms in total. The topological polar surface area (TPSA) is 54.0 Å². The molecule has 1 aliphatic carbocycles. The third-order valence-corrected chi connectivity index (χ3v) is 14.5. The van der Waals surface area contributed by atoms with E-state index in [-0.39, 0.29) is 5.97 Å². The van der Waals surface area contributed by atoms with Gasteiger partial charge in [0.1, 0.15) is 11.5 Å². The SMILES string of the molecule is CCCCCC1CCC(c2ccc(OC(=O)c3ccc(-c4ccc5c6c(c7c(c5c4)COC7(C)C)C=CC(c4ccccc4)(c4ccc(C=C5CCOCC5)cc4)O6)cc3)cc2)CC1. The molecule has 0 N–H and O–H groups in total. The van der Waals surface area contributed by atoms with Gasteiger partial charge >= 0.3 is 5.97 Å². The molecule has 2 fully saturated rings. The highest BCUT2D eigenvalue weighted by Gasteiger charge is 2.43. The van der Waals surface area contributed by atoms with Gasteiger partial charge in [0, 0.05) is 27.6 Å². The van der Waals surface area contributed by atoms with Crippen molar-refractivity contribution in [2.45, 2.75) is 109 Å². The van der Waals surface area contributed by atoms with E-state index in [1.807, 2.05) is 36.4 Å². The molecule has 6 aromatic carbocycles. The number of fused-ring (bicyclic) bond motifs is 6. The fraction of sp³-hybridized carbons (Fsp3) is 0.339. The summed E-state index contributed by atoms with van der Waals surface area (Å²) in [6.45, 7) is 8.68. The summed E-state index contributed by atoms with van der Waals surface area (Å²) in [5.74, 6) is 2.57. The maximum Gasteiger partial charge on any atom is 0.343 e. The van der Waals surface area contributed by atoms with Crippen LogP contribution in [0.15, 0.2) is 133 Å². The average molecular weight is 849 g/mol. The van der Waals surface area contributed by atoms with Crippen molar-refractivity contribution in [2.24, 2.45) is 5.92 Å². The Bertz CT molecular complexity index is 2670. The number of hydrogen-bond acceptors (Lipinski definition) is 5. The van der Waals surface area contributed by atoms with Gasteiger partial charge in [-0.3, -0.25) is 0 Å². The summed E-state index contributed by atoms with van der Waals surface area (Å²) < 4.78 is 25.5.